The van der Waals surface area contributed by atoms with Gasteiger partial charge in [0.05, 0.1) is 24.5 Å². The van der Waals surface area contributed by atoms with Gasteiger partial charge in [0, 0.05) is 32.1 Å². The zero-order valence-electron chi connectivity index (χ0n) is 18.3. The van der Waals surface area contributed by atoms with Crippen molar-refractivity contribution in [1.82, 2.24) is 19.6 Å². The normalized spacial score (nSPS) is 29.6. The number of amides is 3. The second-order valence-electron chi connectivity index (χ2n) is 9.63. The summed E-state index contributed by atoms with van der Waals surface area (Å²) in [7, 11) is 2.10. The molecule has 1 aliphatic carbocycles. The van der Waals surface area contributed by atoms with Crippen molar-refractivity contribution in [3.05, 3.63) is 35.9 Å². The van der Waals surface area contributed by atoms with Crippen LogP contribution in [0.5, 0.6) is 0 Å². The van der Waals surface area contributed by atoms with E-state index in [1.54, 1.807) is 4.90 Å². The lowest BCUT2D eigenvalue weighted by atomic mass is 9.91. The summed E-state index contributed by atoms with van der Waals surface area (Å²) < 4.78 is 0. The minimum atomic E-state index is -0.254. The highest BCUT2D eigenvalue weighted by Crippen LogP contribution is 2.44. The van der Waals surface area contributed by atoms with Crippen molar-refractivity contribution in [2.45, 2.75) is 37.8 Å². The molecule has 0 bridgehead atoms. The maximum Gasteiger partial charge on any atom is 0.243 e. The molecule has 3 amide bonds. The zero-order valence-corrected chi connectivity index (χ0v) is 18.3. The molecule has 3 aliphatic heterocycles. The van der Waals surface area contributed by atoms with E-state index in [4.69, 9.17) is 0 Å². The van der Waals surface area contributed by atoms with Gasteiger partial charge in [-0.2, -0.15) is 0 Å². The summed E-state index contributed by atoms with van der Waals surface area (Å²) in [6, 6.07) is 9.64. The van der Waals surface area contributed by atoms with Gasteiger partial charge >= 0.3 is 0 Å². The number of piperazine rings is 1. The number of carbonyl (C=O) groups excluding carboxylic acids is 3. The first-order valence-corrected chi connectivity index (χ1v) is 11.6. The molecule has 0 N–H and O–H groups in total. The monoisotopic (exact) mass is 424 g/mol. The standard InChI is InChI=1S/C24H32N4O3/c1-25-10-5-11-26(13-12-25)24(31)20-14-19-15-27(23(30)18-8-9-18)16-21(29)28(19)22(20)17-6-3-2-4-7-17/h2-4,6-7,18-20,22H,5,8-16H2,1H3/t19-,20?,22?/m0/s1. The molecule has 5 rings (SSSR count). The average Bonchev–Trinajstić information content (AvgIpc) is 3.58. The van der Waals surface area contributed by atoms with Crippen LogP contribution in [0.2, 0.25) is 0 Å². The Morgan fingerprint density at radius 2 is 1.71 bits per heavy atom. The fourth-order valence-electron chi connectivity index (χ4n) is 5.58. The van der Waals surface area contributed by atoms with Crippen molar-refractivity contribution in [2.75, 3.05) is 46.3 Å². The SMILES string of the molecule is CN1CCCN(C(=O)C2C[C@H]3CN(C(=O)C4CC4)CC(=O)N3C2c2ccccc2)CC1. The van der Waals surface area contributed by atoms with E-state index in [0.29, 0.717) is 13.0 Å². The van der Waals surface area contributed by atoms with Crippen molar-refractivity contribution in [3.8, 4) is 0 Å². The third-order valence-electron chi connectivity index (χ3n) is 7.37. The number of likely N-dealkylation sites (N-methyl/N-ethyl adjacent to an activating group) is 1. The Labute approximate surface area is 184 Å². The molecule has 3 atom stereocenters. The van der Waals surface area contributed by atoms with Gasteiger partial charge < -0.3 is 19.6 Å². The van der Waals surface area contributed by atoms with Crippen molar-refractivity contribution in [1.29, 1.82) is 0 Å². The fraction of sp³-hybridized carbons (Fsp3) is 0.625. The van der Waals surface area contributed by atoms with Gasteiger partial charge in [-0.3, -0.25) is 14.4 Å². The first-order valence-electron chi connectivity index (χ1n) is 11.6. The van der Waals surface area contributed by atoms with Crippen LogP contribution in [0.1, 0.15) is 37.3 Å². The van der Waals surface area contributed by atoms with Gasteiger partial charge in [-0.15, -0.1) is 0 Å². The lowest BCUT2D eigenvalue weighted by Crippen LogP contribution is -2.56. The summed E-state index contributed by atoms with van der Waals surface area (Å²) in [5.74, 6) is 0.110. The van der Waals surface area contributed by atoms with Crippen LogP contribution in [0, 0.1) is 11.8 Å². The number of fused-ring (bicyclic) bond motifs is 1. The van der Waals surface area contributed by atoms with Crippen LogP contribution in [0.15, 0.2) is 30.3 Å². The van der Waals surface area contributed by atoms with Gasteiger partial charge in [-0.1, -0.05) is 30.3 Å². The third kappa shape index (κ3) is 3.95. The summed E-state index contributed by atoms with van der Waals surface area (Å²) in [6.45, 7) is 4.08. The summed E-state index contributed by atoms with van der Waals surface area (Å²) in [5.41, 5.74) is 1.02. The maximum atomic E-state index is 13.7. The number of hydrogen-bond donors (Lipinski definition) is 0. The van der Waals surface area contributed by atoms with Crippen LogP contribution in [-0.4, -0.2) is 89.7 Å². The second kappa shape index (κ2) is 8.26. The molecule has 1 aromatic carbocycles. The molecule has 31 heavy (non-hydrogen) atoms. The molecule has 166 valence electrons. The second-order valence-corrected chi connectivity index (χ2v) is 9.63. The topological polar surface area (TPSA) is 64.2 Å². The number of hydrogen-bond acceptors (Lipinski definition) is 4. The quantitative estimate of drug-likeness (QED) is 0.735. The van der Waals surface area contributed by atoms with E-state index in [1.807, 2.05) is 40.1 Å². The molecule has 2 unspecified atom stereocenters. The largest absolute Gasteiger partial charge is 0.341 e. The molecule has 0 radical (unpaired) electrons. The maximum absolute atomic E-state index is 13.7. The Hall–Kier alpha value is -2.41. The number of benzene rings is 1. The van der Waals surface area contributed by atoms with Crippen LogP contribution < -0.4 is 0 Å². The Bertz CT molecular complexity index is 856. The van der Waals surface area contributed by atoms with Gasteiger partial charge in [0.1, 0.15) is 0 Å². The van der Waals surface area contributed by atoms with E-state index in [9.17, 15) is 14.4 Å². The van der Waals surface area contributed by atoms with E-state index >= 15 is 0 Å². The van der Waals surface area contributed by atoms with E-state index in [2.05, 4.69) is 11.9 Å². The average molecular weight is 425 g/mol. The lowest BCUT2D eigenvalue weighted by molar-refractivity contribution is -0.150. The Balaban J connectivity index is 1.42. The first-order chi connectivity index (χ1) is 15.0. The molecular weight excluding hydrogens is 392 g/mol. The molecule has 3 heterocycles. The molecule has 0 spiro atoms. The molecule has 7 heteroatoms. The molecule has 0 aromatic heterocycles. The molecule has 3 saturated heterocycles. The first kappa shape index (κ1) is 20.5. The number of rotatable bonds is 3. The van der Waals surface area contributed by atoms with Gasteiger partial charge in [0.25, 0.3) is 0 Å². The van der Waals surface area contributed by atoms with Gasteiger partial charge in [0.2, 0.25) is 17.7 Å². The van der Waals surface area contributed by atoms with E-state index in [0.717, 1.165) is 51.0 Å². The van der Waals surface area contributed by atoms with E-state index in [1.165, 1.54) is 0 Å². The highest BCUT2D eigenvalue weighted by Gasteiger charge is 2.52. The molecular formula is C24H32N4O3. The highest BCUT2D eigenvalue weighted by molar-refractivity contribution is 5.90. The summed E-state index contributed by atoms with van der Waals surface area (Å²) in [4.78, 5) is 47.6. The van der Waals surface area contributed by atoms with Gasteiger partial charge in [-0.25, -0.2) is 0 Å². The minimum absolute atomic E-state index is 0.0231. The number of nitrogens with zero attached hydrogens (tertiary/aromatic N) is 4. The Morgan fingerprint density at radius 3 is 2.45 bits per heavy atom. The number of carbonyl (C=O) groups is 3. The summed E-state index contributed by atoms with van der Waals surface area (Å²) >= 11 is 0. The van der Waals surface area contributed by atoms with Crippen LogP contribution in [0.3, 0.4) is 0 Å². The van der Waals surface area contributed by atoms with Crippen LogP contribution in [0.4, 0.5) is 0 Å². The summed E-state index contributed by atoms with van der Waals surface area (Å²) in [6.07, 6.45) is 3.48. The van der Waals surface area contributed by atoms with Crippen LogP contribution >= 0.6 is 0 Å². The molecule has 1 saturated carbocycles. The van der Waals surface area contributed by atoms with Gasteiger partial charge in [0.15, 0.2) is 0 Å². The van der Waals surface area contributed by atoms with Crippen molar-refractivity contribution in [2.24, 2.45) is 11.8 Å². The Kier molecular flexibility index (Phi) is 5.46. The van der Waals surface area contributed by atoms with Crippen molar-refractivity contribution in [3.63, 3.8) is 0 Å². The van der Waals surface area contributed by atoms with Crippen molar-refractivity contribution >= 4 is 17.7 Å². The molecule has 7 nitrogen and oxygen atoms in total. The predicted molar refractivity (Wildman–Crippen MR) is 116 cm³/mol. The van der Waals surface area contributed by atoms with Gasteiger partial charge in [-0.05, 0) is 44.8 Å². The lowest BCUT2D eigenvalue weighted by Gasteiger charge is -2.40. The smallest absolute Gasteiger partial charge is 0.243 e. The van der Waals surface area contributed by atoms with Crippen LogP contribution in [0.25, 0.3) is 0 Å². The molecule has 4 fully saturated rings. The fourth-order valence-corrected chi connectivity index (χ4v) is 5.58. The minimum Gasteiger partial charge on any atom is -0.341 e. The van der Waals surface area contributed by atoms with Crippen LogP contribution in [-0.2, 0) is 14.4 Å². The Morgan fingerprint density at radius 1 is 0.935 bits per heavy atom. The van der Waals surface area contributed by atoms with E-state index < -0.39 is 0 Å². The van der Waals surface area contributed by atoms with Crippen molar-refractivity contribution < 1.29 is 14.4 Å². The highest BCUT2D eigenvalue weighted by atomic mass is 16.2. The molecule has 1 aromatic rings. The third-order valence-corrected chi connectivity index (χ3v) is 7.37. The predicted octanol–water partition coefficient (Wildman–Crippen LogP) is 1.36. The molecule has 4 aliphatic rings. The van der Waals surface area contributed by atoms with E-state index in [-0.39, 0.29) is 48.2 Å². The zero-order chi connectivity index (χ0) is 21.5. The summed E-state index contributed by atoms with van der Waals surface area (Å²) in [5, 5.41) is 0.